The molecule has 1 atom stereocenters. The molecule has 1 N–H and O–H groups in total. The molecule has 0 aromatic heterocycles. The van der Waals surface area contributed by atoms with Gasteiger partial charge in [0.05, 0.1) is 44.0 Å². The summed E-state index contributed by atoms with van der Waals surface area (Å²) in [5.41, 5.74) is 0.825. The van der Waals surface area contributed by atoms with Gasteiger partial charge in [-0.1, -0.05) is 0 Å². The van der Waals surface area contributed by atoms with E-state index >= 15 is 0 Å². The number of ether oxygens (including phenoxy) is 3. The molecule has 0 radical (unpaired) electrons. The Bertz CT molecular complexity index is 460. The van der Waals surface area contributed by atoms with Crippen molar-refractivity contribution >= 4 is 5.69 Å². The minimum atomic E-state index is -0.426. The van der Waals surface area contributed by atoms with Crippen molar-refractivity contribution < 1.29 is 19.1 Å². The third-order valence-corrected chi connectivity index (χ3v) is 2.98. The van der Waals surface area contributed by atoms with Crippen LogP contribution in [-0.4, -0.2) is 44.5 Å². The molecule has 20 heavy (non-hydrogen) atoms. The van der Waals surface area contributed by atoms with Crippen molar-refractivity contribution in [1.29, 1.82) is 0 Å². The first kappa shape index (κ1) is 14.7. The van der Waals surface area contributed by atoms with Gasteiger partial charge in [0.15, 0.2) is 0 Å². The lowest BCUT2D eigenvalue weighted by molar-refractivity contribution is -0.385. The summed E-state index contributed by atoms with van der Waals surface area (Å²) < 4.78 is 15.9. The number of nitrogens with zero attached hydrogens (tertiary/aromatic N) is 1. The van der Waals surface area contributed by atoms with Crippen LogP contribution in [0.25, 0.3) is 0 Å². The Balaban J connectivity index is 1.91. The van der Waals surface area contributed by atoms with Crippen LogP contribution >= 0.6 is 0 Å². The van der Waals surface area contributed by atoms with Gasteiger partial charge in [-0.15, -0.1) is 0 Å². The average Bonchev–Trinajstić information content (AvgIpc) is 2.48. The van der Waals surface area contributed by atoms with Crippen molar-refractivity contribution in [3.05, 3.63) is 33.9 Å². The summed E-state index contributed by atoms with van der Waals surface area (Å²) in [4.78, 5) is 10.4. The van der Waals surface area contributed by atoms with Gasteiger partial charge < -0.3 is 19.5 Å². The second-order valence-corrected chi connectivity index (χ2v) is 4.50. The van der Waals surface area contributed by atoms with Crippen molar-refractivity contribution in [1.82, 2.24) is 5.32 Å². The van der Waals surface area contributed by atoms with E-state index in [1.807, 2.05) is 0 Å². The fourth-order valence-corrected chi connectivity index (χ4v) is 2.00. The highest BCUT2D eigenvalue weighted by Gasteiger charge is 2.14. The Morgan fingerprint density at radius 1 is 1.45 bits per heavy atom. The van der Waals surface area contributed by atoms with Crippen molar-refractivity contribution in [2.75, 3.05) is 33.5 Å². The molecule has 7 nitrogen and oxygen atoms in total. The van der Waals surface area contributed by atoms with Crippen molar-refractivity contribution in [2.24, 2.45) is 0 Å². The maximum absolute atomic E-state index is 10.8. The molecule has 0 saturated carbocycles. The molecule has 1 aliphatic heterocycles. The SMILES string of the molecule is COc1cc(CNCC2COCCO2)cc([N+](=O)[O-])c1. The van der Waals surface area contributed by atoms with Crippen LogP contribution in [0.1, 0.15) is 5.56 Å². The average molecular weight is 282 g/mol. The number of nitrogens with one attached hydrogen (secondary N) is 1. The third-order valence-electron chi connectivity index (χ3n) is 2.98. The zero-order valence-corrected chi connectivity index (χ0v) is 11.3. The summed E-state index contributed by atoms with van der Waals surface area (Å²) >= 11 is 0. The summed E-state index contributed by atoms with van der Waals surface area (Å²) in [5, 5.41) is 14.0. The molecule has 1 aromatic carbocycles. The van der Waals surface area contributed by atoms with Crippen molar-refractivity contribution in [3.8, 4) is 5.75 Å². The van der Waals surface area contributed by atoms with Crippen LogP contribution in [0, 0.1) is 10.1 Å². The number of nitro benzene ring substituents is 1. The number of nitro groups is 1. The van der Waals surface area contributed by atoms with Gasteiger partial charge in [0.2, 0.25) is 0 Å². The first-order valence-electron chi connectivity index (χ1n) is 6.41. The van der Waals surface area contributed by atoms with Gasteiger partial charge >= 0.3 is 0 Å². The Labute approximate surface area is 117 Å². The largest absolute Gasteiger partial charge is 0.496 e. The van der Waals surface area contributed by atoms with E-state index in [0.29, 0.717) is 38.7 Å². The number of non-ortho nitro benzene ring substituents is 1. The molecule has 0 bridgehead atoms. The normalized spacial score (nSPS) is 18.8. The van der Waals surface area contributed by atoms with Gasteiger partial charge in [0.1, 0.15) is 5.75 Å². The second-order valence-electron chi connectivity index (χ2n) is 4.50. The van der Waals surface area contributed by atoms with Gasteiger partial charge in [-0.05, 0) is 11.6 Å². The van der Waals surface area contributed by atoms with Gasteiger partial charge in [-0.2, -0.15) is 0 Å². The molecule has 2 rings (SSSR count). The van der Waals surface area contributed by atoms with E-state index < -0.39 is 4.92 Å². The highest BCUT2D eigenvalue weighted by molar-refractivity contribution is 5.42. The molecule has 7 heteroatoms. The Morgan fingerprint density at radius 3 is 2.95 bits per heavy atom. The maximum Gasteiger partial charge on any atom is 0.273 e. The second kappa shape index (κ2) is 7.18. The fraction of sp³-hybridized carbons (Fsp3) is 0.538. The highest BCUT2D eigenvalue weighted by atomic mass is 16.6. The first-order valence-corrected chi connectivity index (χ1v) is 6.41. The summed E-state index contributed by atoms with van der Waals surface area (Å²) in [6.07, 6.45) is 0.0318. The molecule has 1 aliphatic rings. The van der Waals surface area contributed by atoms with Crippen LogP contribution in [0.5, 0.6) is 5.75 Å². The molecule has 110 valence electrons. The van der Waals surface area contributed by atoms with Crippen LogP contribution in [0.4, 0.5) is 5.69 Å². The predicted octanol–water partition coefficient (Wildman–Crippen LogP) is 1.11. The quantitative estimate of drug-likeness (QED) is 0.621. The van der Waals surface area contributed by atoms with E-state index in [1.54, 1.807) is 6.07 Å². The van der Waals surface area contributed by atoms with Gasteiger partial charge in [0, 0.05) is 19.2 Å². The van der Waals surface area contributed by atoms with E-state index in [0.717, 1.165) is 5.56 Å². The summed E-state index contributed by atoms with van der Waals surface area (Å²) in [7, 11) is 1.49. The molecule has 1 fully saturated rings. The van der Waals surface area contributed by atoms with E-state index in [9.17, 15) is 10.1 Å². The van der Waals surface area contributed by atoms with Gasteiger partial charge in [-0.25, -0.2) is 0 Å². The van der Waals surface area contributed by atoms with E-state index in [1.165, 1.54) is 19.2 Å². The zero-order chi connectivity index (χ0) is 14.4. The number of benzene rings is 1. The minimum Gasteiger partial charge on any atom is -0.496 e. The number of hydrogen-bond donors (Lipinski definition) is 1. The lowest BCUT2D eigenvalue weighted by Crippen LogP contribution is -2.37. The summed E-state index contributed by atoms with van der Waals surface area (Å²) in [6.45, 7) is 2.98. The van der Waals surface area contributed by atoms with Gasteiger partial charge in [-0.3, -0.25) is 10.1 Å². The molecular formula is C13H18N2O5. The Hall–Kier alpha value is -1.70. The molecule has 1 saturated heterocycles. The van der Waals surface area contributed by atoms with E-state index in [4.69, 9.17) is 14.2 Å². The zero-order valence-electron chi connectivity index (χ0n) is 11.3. The first-order chi connectivity index (χ1) is 9.69. The number of hydrogen-bond acceptors (Lipinski definition) is 6. The molecule has 0 spiro atoms. The van der Waals surface area contributed by atoms with E-state index in [-0.39, 0.29) is 11.8 Å². The summed E-state index contributed by atoms with van der Waals surface area (Å²) in [6, 6.07) is 4.72. The number of rotatable bonds is 6. The lowest BCUT2D eigenvalue weighted by atomic mass is 10.2. The molecular weight excluding hydrogens is 264 g/mol. The molecule has 1 heterocycles. The monoisotopic (exact) mass is 282 g/mol. The van der Waals surface area contributed by atoms with Crippen LogP contribution in [0.2, 0.25) is 0 Å². The Morgan fingerprint density at radius 2 is 2.30 bits per heavy atom. The summed E-state index contributed by atoms with van der Waals surface area (Å²) in [5.74, 6) is 0.480. The highest BCUT2D eigenvalue weighted by Crippen LogP contribution is 2.22. The minimum absolute atomic E-state index is 0.0263. The topological polar surface area (TPSA) is 82.9 Å². The Kier molecular flexibility index (Phi) is 5.28. The molecule has 0 aliphatic carbocycles. The fourth-order valence-electron chi connectivity index (χ4n) is 2.00. The van der Waals surface area contributed by atoms with Crippen molar-refractivity contribution in [2.45, 2.75) is 12.6 Å². The molecule has 1 unspecified atom stereocenters. The molecule has 0 amide bonds. The van der Waals surface area contributed by atoms with Gasteiger partial charge in [0.25, 0.3) is 5.69 Å². The third kappa shape index (κ3) is 4.16. The van der Waals surface area contributed by atoms with Crippen LogP contribution in [0.15, 0.2) is 18.2 Å². The predicted molar refractivity (Wildman–Crippen MR) is 71.9 cm³/mol. The van der Waals surface area contributed by atoms with Crippen LogP contribution in [-0.2, 0) is 16.0 Å². The van der Waals surface area contributed by atoms with Crippen molar-refractivity contribution in [3.63, 3.8) is 0 Å². The lowest BCUT2D eigenvalue weighted by Gasteiger charge is -2.23. The van der Waals surface area contributed by atoms with Crippen LogP contribution in [0.3, 0.4) is 0 Å². The van der Waals surface area contributed by atoms with Crippen LogP contribution < -0.4 is 10.1 Å². The molecule has 1 aromatic rings. The standard InChI is InChI=1S/C13H18N2O5/c1-18-12-5-10(4-11(6-12)15(16)17)7-14-8-13-9-19-2-3-20-13/h4-6,13-14H,2-3,7-9H2,1H3. The smallest absolute Gasteiger partial charge is 0.273 e. The number of methoxy groups -OCH3 is 1. The van der Waals surface area contributed by atoms with E-state index in [2.05, 4.69) is 5.32 Å². The maximum atomic E-state index is 10.8.